The fourth-order valence-electron chi connectivity index (χ4n) is 2.66. The van der Waals surface area contributed by atoms with Crippen LogP contribution in [0.5, 0.6) is 5.75 Å². The maximum absolute atomic E-state index is 13.9. The average molecular weight is 426 g/mol. The smallest absolute Gasteiger partial charge is 0.192 e. The van der Waals surface area contributed by atoms with E-state index >= 15 is 0 Å². The molecule has 0 unspecified atom stereocenters. The van der Waals surface area contributed by atoms with Gasteiger partial charge >= 0.3 is 0 Å². The fraction of sp³-hybridized carbons (Fsp3) is 0.222. The molecule has 3 rings (SSSR count). The maximum atomic E-state index is 13.9. The van der Waals surface area contributed by atoms with Crippen LogP contribution in [0.1, 0.15) is 19.7 Å². The van der Waals surface area contributed by atoms with E-state index in [4.69, 9.17) is 4.74 Å². The Labute approximate surface area is 156 Å². The molecule has 0 amide bonds. The van der Waals surface area contributed by atoms with Gasteiger partial charge in [0.1, 0.15) is 5.82 Å². The highest BCUT2D eigenvalue weighted by Gasteiger charge is 2.32. The Morgan fingerprint density at radius 1 is 1.04 bits per heavy atom. The summed E-state index contributed by atoms with van der Waals surface area (Å²) in [6.07, 6.45) is 0. The number of halogens is 4. The van der Waals surface area contributed by atoms with E-state index in [0.29, 0.717) is 23.8 Å². The highest BCUT2D eigenvalue weighted by Crippen LogP contribution is 2.32. The monoisotopic (exact) mass is 425 g/mol. The summed E-state index contributed by atoms with van der Waals surface area (Å²) < 4.78 is 49.0. The van der Waals surface area contributed by atoms with Crippen LogP contribution in [0.4, 0.5) is 13.2 Å². The standard InChI is InChI=1S/C18H15BrF3N3O/c1-18(2,26-15-13(21)8-12(20)9-14(15)22)17-24-23-16(25(17)3)10-5-4-6-11(19)7-10/h4-9H,1-3H3. The Hall–Kier alpha value is -2.35. The molecule has 0 aliphatic carbocycles. The van der Waals surface area contributed by atoms with Crippen LogP contribution in [0.3, 0.4) is 0 Å². The van der Waals surface area contributed by atoms with E-state index in [0.717, 1.165) is 10.0 Å². The first-order valence-electron chi connectivity index (χ1n) is 7.68. The minimum Gasteiger partial charge on any atom is -0.474 e. The van der Waals surface area contributed by atoms with E-state index in [1.807, 2.05) is 24.3 Å². The van der Waals surface area contributed by atoms with Crippen LogP contribution in [0.2, 0.25) is 0 Å². The molecule has 0 spiro atoms. The zero-order valence-corrected chi connectivity index (χ0v) is 15.8. The Morgan fingerprint density at radius 3 is 2.31 bits per heavy atom. The predicted molar refractivity (Wildman–Crippen MR) is 94.1 cm³/mol. The molecule has 0 saturated heterocycles. The normalized spacial score (nSPS) is 11.7. The number of nitrogens with zero attached hydrogens (tertiary/aromatic N) is 3. The van der Waals surface area contributed by atoms with Gasteiger partial charge in [0.05, 0.1) is 0 Å². The molecule has 1 aromatic heterocycles. The summed E-state index contributed by atoms with van der Waals surface area (Å²) in [6.45, 7) is 3.20. The van der Waals surface area contributed by atoms with Gasteiger partial charge in [-0.2, -0.15) is 0 Å². The molecule has 4 nitrogen and oxygen atoms in total. The van der Waals surface area contributed by atoms with Crippen LogP contribution in [0, 0.1) is 17.5 Å². The molecule has 0 aliphatic rings. The van der Waals surface area contributed by atoms with Crippen molar-refractivity contribution in [2.75, 3.05) is 0 Å². The van der Waals surface area contributed by atoms with Gasteiger partial charge in [0.15, 0.2) is 34.6 Å². The van der Waals surface area contributed by atoms with Crippen LogP contribution >= 0.6 is 15.9 Å². The first-order valence-corrected chi connectivity index (χ1v) is 8.47. The quantitative estimate of drug-likeness (QED) is 0.591. The van der Waals surface area contributed by atoms with Gasteiger partial charge < -0.3 is 9.30 Å². The number of rotatable bonds is 4. The maximum Gasteiger partial charge on any atom is 0.192 e. The fourth-order valence-corrected chi connectivity index (χ4v) is 3.06. The number of hydrogen-bond donors (Lipinski definition) is 0. The third-order valence-corrected chi connectivity index (χ3v) is 4.31. The first kappa shape index (κ1) is 18.4. The summed E-state index contributed by atoms with van der Waals surface area (Å²) in [5.74, 6) is -2.99. The molecule has 2 aromatic carbocycles. The lowest BCUT2D eigenvalue weighted by atomic mass is 10.1. The minimum absolute atomic E-state index is 0.357. The minimum atomic E-state index is -1.22. The van der Waals surface area contributed by atoms with Crippen molar-refractivity contribution in [3.63, 3.8) is 0 Å². The Morgan fingerprint density at radius 2 is 1.69 bits per heavy atom. The van der Waals surface area contributed by atoms with Crippen LogP contribution in [-0.4, -0.2) is 14.8 Å². The molecule has 0 radical (unpaired) electrons. The summed E-state index contributed by atoms with van der Waals surface area (Å²) in [5, 5.41) is 8.28. The molecule has 0 fully saturated rings. The van der Waals surface area contributed by atoms with Crippen molar-refractivity contribution in [1.82, 2.24) is 14.8 Å². The lowest BCUT2D eigenvalue weighted by Crippen LogP contribution is -2.30. The molecule has 0 bridgehead atoms. The summed E-state index contributed by atoms with van der Waals surface area (Å²) in [4.78, 5) is 0. The second-order valence-corrected chi connectivity index (χ2v) is 7.14. The van der Waals surface area contributed by atoms with Gasteiger partial charge in [-0.05, 0) is 26.0 Å². The van der Waals surface area contributed by atoms with Crippen LogP contribution < -0.4 is 4.74 Å². The third-order valence-electron chi connectivity index (χ3n) is 3.82. The average Bonchev–Trinajstić information content (AvgIpc) is 2.93. The summed E-state index contributed by atoms with van der Waals surface area (Å²) in [7, 11) is 1.73. The van der Waals surface area contributed by atoms with E-state index in [1.54, 1.807) is 25.5 Å². The Balaban J connectivity index is 1.99. The number of ether oxygens (including phenoxy) is 1. The molecule has 0 aliphatic heterocycles. The van der Waals surface area contributed by atoms with Gasteiger partial charge in [-0.25, -0.2) is 13.2 Å². The number of hydrogen-bond acceptors (Lipinski definition) is 3. The zero-order valence-electron chi connectivity index (χ0n) is 14.2. The molecule has 0 atom stereocenters. The van der Waals surface area contributed by atoms with E-state index in [2.05, 4.69) is 26.1 Å². The largest absolute Gasteiger partial charge is 0.474 e. The molecule has 3 aromatic rings. The second kappa shape index (κ2) is 6.75. The van der Waals surface area contributed by atoms with Gasteiger partial charge in [-0.15, -0.1) is 10.2 Å². The first-order chi connectivity index (χ1) is 12.2. The molecular formula is C18H15BrF3N3O. The Bertz CT molecular complexity index is 949. The molecule has 0 saturated carbocycles. The van der Waals surface area contributed by atoms with Crippen molar-refractivity contribution in [3.8, 4) is 17.1 Å². The summed E-state index contributed by atoms with van der Waals surface area (Å²) >= 11 is 3.40. The molecule has 136 valence electrons. The van der Waals surface area contributed by atoms with Crippen LogP contribution in [-0.2, 0) is 12.6 Å². The van der Waals surface area contributed by atoms with Crippen molar-refractivity contribution < 1.29 is 17.9 Å². The van der Waals surface area contributed by atoms with E-state index < -0.39 is 28.8 Å². The molecule has 26 heavy (non-hydrogen) atoms. The van der Waals surface area contributed by atoms with Crippen molar-refractivity contribution in [2.45, 2.75) is 19.4 Å². The molecule has 8 heteroatoms. The van der Waals surface area contributed by atoms with Gasteiger partial charge in [-0.1, -0.05) is 28.1 Å². The van der Waals surface area contributed by atoms with Crippen LogP contribution in [0.25, 0.3) is 11.4 Å². The van der Waals surface area contributed by atoms with Gasteiger partial charge in [0.25, 0.3) is 0 Å². The molecule has 0 N–H and O–H groups in total. The van der Waals surface area contributed by atoms with Crippen LogP contribution in [0.15, 0.2) is 40.9 Å². The number of benzene rings is 2. The molecular weight excluding hydrogens is 411 g/mol. The van der Waals surface area contributed by atoms with E-state index in [-0.39, 0.29) is 0 Å². The Kier molecular flexibility index (Phi) is 4.79. The van der Waals surface area contributed by atoms with Crippen molar-refractivity contribution in [3.05, 3.63) is 64.1 Å². The van der Waals surface area contributed by atoms with Gasteiger partial charge in [0.2, 0.25) is 0 Å². The second-order valence-electron chi connectivity index (χ2n) is 6.23. The van der Waals surface area contributed by atoms with E-state index in [9.17, 15) is 13.2 Å². The third kappa shape index (κ3) is 3.46. The SMILES string of the molecule is Cn1c(-c2cccc(Br)c2)nnc1C(C)(C)Oc1c(F)cc(F)cc1F. The molecule has 1 heterocycles. The van der Waals surface area contributed by atoms with Crippen molar-refractivity contribution in [2.24, 2.45) is 7.05 Å². The lowest BCUT2D eigenvalue weighted by Gasteiger charge is -2.26. The zero-order chi connectivity index (χ0) is 19.1. The summed E-state index contributed by atoms with van der Waals surface area (Å²) in [5.41, 5.74) is -0.401. The highest BCUT2D eigenvalue weighted by atomic mass is 79.9. The lowest BCUT2D eigenvalue weighted by molar-refractivity contribution is 0.0833. The van der Waals surface area contributed by atoms with Gasteiger partial charge in [-0.3, -0.25) is 0 Å². The van der Waals surface area contributed by atoms with E-state index in [1.165, 1.54) is 0 Å². The topological polar surface area (TPSA) is 39.9 Å². The van der Waals surface area contributed by atoms with Crippen molar-refractivity contribution in [1.29, 1.82) is 0 Å². The van der Waals surface area contributed by atoms with Crippen molar-refractivity contribution >= 4 is 15.9 Å². The van der Waals surface area contributed by atoms with Gasteiger partial charge in [0, 0.05) is 29.2 Å². The highest BCUT2D eigenvalue weighted by molar-refractivity contribution is 9.10. The predicted octanol–water partition coefficient (Wildman–Crippen LogP) is 4.98. The number of aromatic nitrogens is 3. The summed E-state index contributed by atoms with van der Waals surface area (Å²) in [6, 6.07) is 8.62.